The molecule has 2 bridgehead atoms. The zero-order valence-electron chi connectivity index (χ0n) is 22.7. The lowest BCUT2D eigenvalue weighted by Crippen LogP contribution is -2.47. The third-order valence-corrected chi connectivity index (χ3v) is 9.47. The Labute approximate surface area is 220 Å². The number of carbonyl (C=O) groups excluding carboxylic acids is 1. The van der Waals surface area contributed by atoms with Gasteiger partial charge in [-0.25, -0.2) is 9.97 Å². The first-order valence-electron chi connectivity index (χ1n) is 13.7. The quantitative estimate of drug-likeness (QED) is 0.487. The number of ether oxygens (including phenoxy) is 2. The molecule has 3 atom stereocenters. The molecule has 2 aliphatic carbocycles. The summed E-state index contributed by atoms with van der Waals surface area (Å²) in [6, 6.07) is 7.73. The highest BCUT2D eigenvalue weighted by Crippen LogP contribution is 2.65. The number of fused-ring (bicyclic) bond motifs is 2. The largest absolute Gasteiger partial charge is 0.493 e. The summed E-state index contributed by atoms with van der Waals surface area (Å²) in [5.41, 5.74) is 1.93. The molecule has 1 saturated heterocycles. The Kier molecular flexibility index (Phi) is 7.30. The second-order valence-electron chi connectivity index (χ2n) is 11.7. The molecule has 2 saturated carbocycles. The van der Waals surface area contributed by atoms with Crippen molar-refractivity contribution in [1.82, 2.24) is 20.2 Å². The van der Waals surface area contributed by atoms with Crippen molar-refractivity contribution in [2.24, 2.45) is 16.7 Å². The van der Waals surface area contributed by atoms with Crippen LogP contribution in [0.1, 0.15) is 58.6 Å². The Bertz CT molecular complexity index is 1120. The highest BCUT2D eigenvalue weighted by atomic mass is 16.5. The van der Waals surface area contributed by atoms with E-state index in [0.717, 1.165) is 31.7 Å². The van der Waals surface area contributed by atoms with Crippen LogP contribution in [-0.2, 0) is 11.2 Å². The average Bonchev–Trinajstić information content (AvgIpc) is 3.51. The van der Waals surface area contributed by atoms with Gasteiger partial charge in [-0.15, -0.1) is 0 Å². The van der Waals surface area contributed by atoms with E-state index in [2.05, 4.69) is 46.3 Å². The monoisotopic (exact) mass is 507 g/mol. The minimum Gasteiger partial charge on any atom is -0.493 e. The Morgan fingerprint density at radius 3 is 2.68 bits per heavy atom. The molecule has 2 aromatic rings. The lowest BCUT2D eigenvalue weighted by molar-refractivity contribution is -0.122. The number of likely N-dealkylation sites (tertiary alicyclic amines) is 1. The van der Waals surface area contributed by atoms with E-state index in [4.69, 9.17) is 9.47 Å². The van der Waals surface area contributed by atoms with Crippen LogP contribution in [0.25, 0.3) is 0 Å². The molecule has 3 unspecified atom stereocenters. The average molecular weight is 508 g/mol. The van der Waals surface area contributed by atoms with Gasteiger partial charge in [0.25, 0.3) is 0 Å². The van der Waals surface area contributed by atoms with Gasteiger partial charge in [0.2, 0.25) is 11.9 Å². The highest BCUT2D eigenvalue weighted by Gasteiger charge is 2.61. The van der Waals surface area contributed by atoms with E-state index >= 15 is 0 Å². The van der Waals surface area contributed by atoms with E-state index in [-0.39, 0.29) is 29.2 Å². The van der Waals surface area contributed by atoms with Crippen LogP contribution >= 0.6 is 0 Å². The minimum absolute atomic E-state index is 0.0253. The van der Waals surface area contributed by atoms with Crippen LogP contribution in [-0.4, -0.2) is 60.2 Å². The summed E-state index contributed by atoms with van der Waals surface area (Å²) >= 11 is 0. The molecule has 3 aliphatic rings. The Morgan fingerprint density at radius 1 is 1.16 bits per heavy atom. The van der Waals surface area contributed by atoms with Gasteiger partial charge in [-0.3, -0.25) is 9.69 Å². The van der Waals surface area contributed by atoms with Crippen molar-refractivity contribution >= 4 is 17.5 Å². The standard InChI is InChI=1S/C29H41N5O3/c1-28(2)20-9-11-29(28,3)25(17-20)33-26(35)19-22-10-12-30-27(32-22)31-21-7-8-23(36-4)24(18-21)37-16-15-34-13-5-6-14-34/h7-8,10,12,18,20,25H,5-6,9,11,13-17,19H2,1-4H3,(H,33,35)(H,30,31,32). The number of hydrogen-bond acceptors (Lipinski definition) is 7. The van der Waals surface area contributed by atoms with Gasteiger partial charge >= 0.3 is 0 Å². The van der Waals surface area contributed by atoms with E-state index in [1.165, 1.54) is 25.7 Å². The number of hydrogen-bond donors (Lipinski definition) is 2. The predicted molar refractivity (Wildman–Crippen MR) is 144 cm³/mol. The van der Waals surface area contributed by atoms with Gasteiger partial charge in [0.1, 0.15) is 6.61 Å². The molecule has 5 rings (SSSR count). The molecule has 0 spiro atoms. The lowest BCUT2D eigenvalue weighted by Gasteiger charge is -2.39. The number of nitrogens with zero attached hydrogens (tertiary/aromatic N) is 3. The zero-order valence-corrected chi connectivity index (χ0v) is 22.7. The van der Waals surface area contributed by atoms with Crippen LogP contribution in [0, 0.1) is 16.7 Å². The summed E-state index contributed by atoms with van der Waals surface area (Å²) in [5.74, 6) is 2.54. The molecule has 1 aromatic heterocycles. The van der Waals surface area contributed by atoms with Crippen molar-refractivity contribution in [3.8, 4) is 11.5 Å². The summed E-state index contributed by atoms with van der Waals surface area (Å²) < 4.78 is 11.5. The number of rotatable bonds is 10. The molecule has 3 fully saturated rings. The summed E-state index contributed by atoms with van der Waals surface area (Å²) in [5, 5.41) is 6.58. The smallest absolute Gasteiger partial charge is 0.227 e. The second kappa shape index (κ2) is 10.5. The normalized spacial score (nSPS) is 26.3. The van der Waals surface area contributed by atoms with Crippen molar-refractivity contribution in [3.63, 3.8) is 0 Å². The first-order chi connectivity index (χ1) is 17.8. The number of methoxy groups -OCH3 is 1. The fourth-order valence-corrected chi connectivity index (χ4v) is 6.67. The number of anilines is 2. The van der Waals surface area contributed by atoms with Crippen LogP contribution in [0.2, 0.25) is 0 Å². The van der Waals surface area contributed by atoms with Crippen LogP contribution in [0.5, 0.6) is 11.5 Å². The van der Waals surface area contributed by atoms with Gasteiger partial charge in [0.05, 0.1) is 19.2 Å². The maximum atomic E-state index is 13.0. The molecule has 1 amide bonds. The number of benzene rings is 1. The summed E-state index contributed by atoms with van der Waals surface area (Å²) in [4.78, 5) is 24.3. The van der Waals surface area contributed by atoms with Crippen molar-refractivity contribution in [1.29, 1.82) is 0 Å². The third kappa shape index (κ3) is 5.26. The molecule has 0 radical (unpaired) electrons. The molecule has 1 aliphatic heterocycles. The first-order valence-corrected chi connectivity index (χ1v) is 13.7. The Balaban J connectivity index is 1.19. The number of carbonyl (C=O) groups is 1. The van der Waals surface area contributed by atoms with E-state index in [9.17, 15) is 4.79 Å². The summed E-state index contributed by atoms with van der Waals surface area (Å²) in [6.45, 7) is 10.9. The van der Waals surface area contributed by atoms with Gasteiger partial charge in [0.15, 0.2) is 11.5 Å². The molecule has 2 N–H and O–H groups in total. The van der Waals surface area contributed by atoms with E-state index in [1.807, 2.05) is 18.2 Å². The molecule has 37 heavy (non-hydrogen) atoms. The lowest BCUT2D eigenvalue weighted by atomic mass is 9.69. The molecular weight excluding hydrogens is 466 g/mol. The zero-order chi connectivity index (χ0) is 26.0. The van der Waals surface area contributed by atoms with E-state index in [1.54, 1.807) is 19.4 Å². The van der Waals surface area contributed by atoms with Gasteiger partial charge in [-0.2, -0.15) is 0 Å². The molecule has 8 heteroatoms. The van der Waals surface area contributed by atoms with Crippen molar-refractivity contribution in [2.75, 3.05) is 38.7 Å². The molecule has 200 valence electrons. The van der Waals surface area contributed by atoms with Crippen LogP contribution in [0.15, 0.2) is 30.5 Å². The Morgan fingerprint density at radius 2 is 1.97 bits per heavy atom. The van der Waals surface area contributed by atoms with Gasteiger partial charge in [-0.05, 0) is 80.1 Å². The minimum atomic E-state index is 0.0253. The Hall–Kier alpha value is -2.87. The number of nitrogens with one attached hydrogen (secondary N) is 2. The first kappa shape index (κ1) is 25.8. The highest BCUT2D eigenvalue weighted by molar-refractivity contribution is 5.78. The van der Waals surface area contributed by atoms with Crippen molar-refractivity contribution in [3.05, 3.63) is 36.2 Å². The number of amides is 1. The molecule has 2 heterocycles. The predicted octanol–water partition coefficient (Wildman–Crippen LogP) is 4.58. The molecule has 8 nitrogen and oxygen atoms in total. The van der Waals surface area contributed by atoms with Crippen molar-refractivity contribution in [2.45, 2.75) is 65.3 Å². The fraction of sp³-hybridized carbons (Fsp3) is 0.621. The van der Waals surface area contributed by atoms with Gasteiger partial charge in [0, 0.05) is 30.5 Å². The summed E-state index contributed by atoms with van der Waals surface area (Å²) in [7, 11) is 1.64. The van der Waals surface area contributed by atoms with Gasteiger partial charge < -0.3 is 20.1 Å². The topological polar surface area (TPSA) is 88.6 Å². The maximum Gasteiger partial charge on any atom is 0.227 e. The maximum absolute atomic E-state index is 13.0. The molecular formula is C29H41N5O3. The summed E-state index contributed by atoms with van der Waals surface area (Å²) in [6.07, 6.45) is 7.99. The van der Waals surface area contributed by atoms with Crippen molar-refractivity contribution < 1.29 is 14.3 Å². The fourth-order valence-electron chi connectivity index (χ4n) is 6.67. The van der Waals surface area contributed by atoms with Crippen LogP contribution in [0.3, 0.4) is 0 Å². The second-order valence-corrected chi connectivity index (χ2v) is 11.7. The van der Waals surface area contributed by atoms with Crippen LogP contribution in [0.4, 0.5) is 11.6 Å². The third-order valence-electron chi connectivity index (χ3n) is 9.47. The van der Waals surface area contributed by atoms with Gasteiger partial charge in [-0.1, -0.05) is 20.8 Å². The number of aromatic nitrogens is 2. The van der Waals surface area contributed by atoms with Crippen LogP contribution < -0.4 is 20.1 Å². The molecule has 1 aromatic carbocycles. The van der Waals surface area contributed by atoms with E-state index in [0.29, 0.717) is 35.7 Å². The van der Waals surface area contributed by atoms with E-state index < -0.39 is 0 Å². The SMILES string of the molecule is COc1ccc(Nc2nccc(CC(=O)NC3CC4CCC3(C)C4(C)C)n2)cc1OCCN1CCCC1.